The van der Waals surface area contributed by atoms with Gasteiger partial charge >= 0.3 is 0 Å². The van der Waals surface area contributed by atoms with Crippen LogP contribution in [0.4, 0.5) is 0 Å². The van der Waals surface area contributed by atoms with Crippen LogP contribution in [0.15, 0.2) is 60.7 Å². The fraction of sp³-hybridized carbons (Fsp3) is 0.200. The summed E-state index contributed by atoms with van der Waals surface area (Å²) in [6, 6.07) is 21.6. The zero-order chi connectivity index (χ0) is 15.6. The molecule has 0 radical (unpaired) electrons. The zero-order valence-corrected chi connectivity index (χ0v) is 14.3. The minimum Gasteiger partial charge on any atom is -0.454 e. The molecule has 0 saturated carbocycles. The molecule has 1 N–H and O–H groups in total. The van der Waals surface area contributed by atoms with Crippen molar-refractivity contribution in [3.8, 4) is 11.5 Å². The summed E-state index contributed by atoms with van der Waals surface area (Å²) < 4.78 is 10.9. The normalized spacial score (nSPS) is 13.5. The van der Waals surface area contributed by atoms with Crippen LogP contribution in [0.3, 0.4) is 0 Å². The van der Waals surface area contributed by atoms with E-state index in [2.05, 4.69) is 59.9 Å². The number of benzene rings is 3. The highest BCUT2D eigenvalue weighted by Crippen LogP contribution is 2.34. The molecule has 1 unspecified atom stereocenters. The van der Waals surface area contributed by atoms with Crippen LogP contribution in [0.2, 0.25) is 0 Å². The lowest BCUT2D eigenvalue weighted by Gasteiger charge is -2.18. The second-order valence-electron chi connectivity index (χ2n) is 5.84. The number of hydrogen-bond acceptors (Lipinski definition) is 3. The van der Waals surface area contributed by atoms with Crippen molar-refractivity contribution in [1.29, 1.82) is 0 Å². The van der Waals surface area contributed by atoms with Crippen LogP contribution in [0.25, 0.3) is 10.8 Å². The van der Waals surface area contributed by atoms with Gasteiger partial charge in [-0.2, -0.15) is 0 Å². The van der Waals surface area contributed by atoms with E-state index in [1.807, 2.05) is 13.1 Å². The van der Waals surface area contributed by atoms with E-state index in [1.165, 1.54) is 21.9 Å². The molecule has 1 aliphatic rings. The first-order valence-electron chi connectivity index (χ1n) is 7.88. The fourth-order valence-corrected chi connectivity index (χ4v) is 3.11. The Morgan fingerprint density at radius 2 is 1.71 bits per heavy atom. The highest BCUT2D eigenvalue weighted by atomic mass is 35.5. The number of nitrogens with one attached hydrogen (secondary N) is 1. The molecule has 124 valence electrons. The van der Waals surface area contributed by atoms with Gasteiger partial charge in [0, 0.05) is 6.04 Å². The molecule has 0 spiro atoms. The molecule has 0 saturated heterocycles. The molecule has 4 heteroatoms. The predicted octanol–water partition coefficient (Wildman–Crippen LogP) is 4.49. The lowest BCUT2D eigenvalue weighted by Crippen LogP contribution is -2.18. The largest absolute Gasteiger partial charge is 0.454 e. The maximum atomic E-state index is 5.48. The third-order valence-corrected chi connectivity index (χ3v) is 4.40. The minimum atomic E-state index is 0. The second kappa shape index (κ2) is 7.12. The molecular weight excluding hydrogens is 322 g/mol. The molecule has 4 rings (SSSR count). The van der Waals surface area contributed by atoms with Crippen molar-refractivity contribution in [3.63, 3.8) is 0 Å². The molecule has 0 aromatic heterocycles. The van der Waals surface area contributed by atoms with E-state index in [4.69, 9.17) is 9.47 Å². The van der Waals surface area contributed by atoms with Gasteiger partial charge in [-0.1, -0.05) is 42.5 Å². The Labute approximate surface area is 148 Å². The van der Waals surface area contributed by atoms with Crippen molar-refractivity contribution in [2.24, 2.45) is 0 Å². The Kier molecular flexibility index (Phi) is 4.93. The first-order chi connectivity index (χ1) is 11.3. The van der Waals surface area contributed by atoms with E-state index in [-0.39, 0.29) is 18.4 Å². The standard InChI is InChI=1S/C20H19NO2.ClH/c1-21-18(10-14-6-9-19-20(11-14)23-13-22-19)17-8-7-15-4-2-3-5-16(15)12-17;/h2-9,11-12,18,21H,10,13H2,1H3;1H. The molecular formula is C20H20ClNO2. The Bertz CT molecular complexity index is 850. The van der Waals surface area contributed by atoms with Gasteiger partial charge < -0.3 is 14.8 Å². The Balaban J connectivity index is 0.00000169. The second-order valence-corrected chi connectivity index (χ2v) is 5.84. The van der Waals surface area contributed by atoms with Crippen molar-refractivity contribution in [3.05, 3.63) is 71.8 Å². The molecule has 0 bridgehead atoms. The highest BCUT2D eigenvalue weighted by Gasteiger charge is 2.16. The van der Waals surface area contributed by atoms with E-state index < -0.39 is 0 Å². The topological polar surface area (TPSA) is 30.5 Å². The van der Waals surface area contributed by atoms with Crippen LogP contribution in [0.5, 0.6) is 11.5 Å². The van der Waals surface area contributed by atoms with Gasteiger partial charge in [0.2, 0.25) is 6.79 Å². The average molecular weight is 342 g/mol. The van der Waals surface area contributed by atoms with Gasteiger partial charge in [0.25, 0.3) is 0 Å². The molecule has 24 heavy (non-hydrogen) atoms. The van der Waals surface area contributed by atoms with Crippen molar-refractivity contribution < 1.29 is 9.47 Å². The number of ether oxygens (including phenoxy) is 2. The first-order valence-corrected chi connectivity index (χ1v) is 7.88. The minimum absolute atomic E-state index is 0. The van der Waals surface area contributed by atoms with Gasteiger partial charge in [-0.25, -0.2) is 0 Å². The Hall–Kier alpha value is -2.23. The number of hydrogen-bond donors (Lipinski definition) is 1. The van der Waals surface area contributed by atoms with E-state index in [9.17, 15) is 0 Å². The van der Waals surface area contributed by atoms with Gasteiger partial charge in [0.1, 0.15) is 0 Å². The van der Waals surface area contributed by atoms with Gasteiger partial charge in [-0.3, -0.25) is 0 Å². The van der Waals surface area contributed by atoms with E-state index in [1.54, 1.807) is 0 Å². The maximum Gasteiger partial charge on any atom is 0.231 e. The van der Waals surface area contributed by atoms with Gasteiger partial charge in [-0.05, 0) is 53.6 Å². The fourth-order valence-electron chi connectivity index (χ4n) is 3.11. The SMILES string of the molecule is CNC(Cc1ccc2c(c1)OCO2)c1ccc2ccccc2c1.Cl. The van der Waals surface area contributed by atoms with Crippen LogP contribution in [0, 0.1) is 0 Å². The maximum absolute atomic E-state index is 5.48. The van der Waals surface area contributed by atoms with E-state index in [0.29, 0.717) is 6.79 Å². The Morgan fingerprint density at radius 1 is 0.917 bits per heavy atom. The number of rotatable bonds is 4. The molecule has 3 nitrogen and oxygen atoms in total. The van der Waals surface area contributed by atoms with Gasteiger partial charge in [0.05, 0.1) is 0 Å². The molecule has 3 aromatic rings. The lowest BCUT2D eigenvalue weighted by molar-refractivity contribution is 0.174. The van der Waals surface area contributed by atoms with Crippen LogP contribution >= 0.6 is 12.4 Å². The van der Waals surface area contributed by atoms with Crippen molar-refractivity contribution >= 4 is 23.2 Å². The lowest BCUT2D eigenvalue weighted by atomic mass is 9.96. The summed E-state index contributed by atoms with van der Waals surface area (Å²) >= 11 is 0. The van der Waals surface area contributed by atoms with Crippen LogP contribution in [0.1, 0.15) is 17.2 Å². The average Bonchev–Trinajstić information content (AvgIpc) is 3.07. The Morgan fingerprint density at radius 3 is 2.54 bits per heavy atom. The summed E-state index contributed by atoms with van der Waals surface area (Å²) in [4.78, 5) is 0. The summed E-state index contributed by atoms with van der Waals surface area (Å²) in [5.41, 5.74) is 2.53. The van der Waals surface area contributed by atoms with Crippen LogP contribution in [-0.2, 0) is 6.42 Å². The van der Waals surface area contributed by atoms with Gasteiger partial charge in [0.15, 0.2) is 11.5 Å². The van der Waals surface area contributed by atoms with E-state index >= 15 is 0 Å². The number of fused-ring (bicyclic) bond motifs is 2. The third kappa shape index (κ3) is 3.18. The molecule has 1 heterocycles. The predicted molar refractivity (Wildman–Crippen MR) is 99.3 cm³/mol. The van der Waals surface area contributed by atoms with Crippen LogP contribution < -0.4 is 14.8 Å². The van der Waals surface area contributed by atoms with Gasteiger partial charge in [-0.15, -0.1) is 12.4 Å². The van der Waals surface area contributed by atoms with Crippen molar-refractivity contribution in [2.75, 3.05) is 13.8 Å². The number of halogens is 1. The highest BCUT2D eigenvalue weighted by molar-refractivity contribution is 5.85. The third-order valence-electron chi connectivity index (χ3n) is 4.40. The molecule has 0 fully saturated rings. The van der Waals surface area contributed by atoms with Crippen molar-refractivity contribution in [1.82, 2.24) is 5.32 Å². The molecule has 1 aliphatic heterocycles. The molecule has 0 amide bonds. The molecule has 0 aliphatic carbocycles. The quantitative estimate of drug-likeness (QED) is 0.758. The summed E-state index contributed by atoms with van der Waals surface area (Å²) in [6.07, 6.45) is 0.908. The summed E-state index contributed by atoms with van der Waals surface area (Å²) in [5, 5.41) is 5.97. The summed E-state index contributed by atoms with van der Waals surface area (Å²) in [5.74, 6) is 1.68. The smallest absolute Gasteiger partial charge is 0.231 e. The monoisotopic (exact) mass is 341 g/mol. The zero-order valence-electron chi connectivity index (χ0n) is 13.5. The number of likely N-dealkylation sites (N-methyl/N-ethyl adjacent to an activating group) is 1. The van der Waals surface area contributed by atoms with Crippen LogP contribution in [-0.4, -0.2) is 13.8 Å². The summed E-state index contributed by atoms with van der Waals surface area (Å²) in [6.45, 7) is 0.318. The molecule has 3 aromatic carbocycles. The first kappa shape index (κ1) is 16.6. The summed E-state index contributed by atoms with van der Waals surface area (Å²) in [7, 11) is 2.01. The van der Waals surface area contributed by atoms with Crippen molar-refractivity contribution in [2.45, 2.75) is 12.5 Å². The van der Waals surface area contributed by atoms with E-state index in [0.717, 1.165) is 17.9 Å². The molecule has 1 atom stereocenters.